The van der Waals surface area contributed by atoms with E-state index in [4.69, 9.17) is 4.42 Å². The van der Waals surface area contributed by atoms with Crippen LogP contribution in [0.2, 0.25) is 0 Å². The van der Waals surface area contributed by atoms with E-state index in [1.807, 2.05) is 36.4 Å². The molecular weight excluding hydrogens is 313 g/mol. The molecule has 4 heteroatoms. The highest BCUT2D eigenvalue weighted by molar-refractivity contribution is 5.80. The Labute approximate surface area is 138 Å². The zero-order chi connectivity index (χ0) is 17.0. The highest BCUT2D eigenvalue weighted by atomic mass is 19.4. The van der Waals surface area contributed by atoms with Crippen LogP contribution in [-0.2, 0) is 12.6 Å². The number of para-hydroxylation sites is 1. The van der Waals surface area contributed by atoms with Crippen molar-refractivity contribution in [2.45, 2.75) is 25.4 Å². The van der Waals surface area contributed by atoms with E-state index in [9.17, 15) is 13.2 Å². The normalized spacial score (nSPS) is 12.3. The van der Waals surface area contributed by atoms with Crippen molar-refractivity contribution in [1.29, 1.82) is 0 Å². The van der Waals surface area contributed by atoms with Gasteiger partial charge in [0, 0.05) is 5.39 Å². The first kappa shape index (κ1) is 16.4. The van der Waals surface area contributed by atoms with Crippen molar-refractivity contribution in [2.24, 2.45) is 0 Å². The number of halogens is 3. The molecule has 24 heavy (non-hydrogen) atoms. The lowest BCUT2D eigenvalue weighted by Gasteiger charge is -2.05. The predicted octanol–water partition coefficient (Wildman–Crippen LogP) is 6.49. The van der Waals surface area contributed by atoms with Crippen molar-refractivity contribution in [3.05, 3.63) is 77.6 Å². The zero-order valence-electron chi connectivity index (χ0n) is 13.0. The molecule has 0 radical (unpaired) electrons. The van der Waals surface area contributed by atoms with Crippen molar-refractivity contribution in [1.82, 2.24) is 0 Å². The van der Waals surface area contributed by atoms with E-state index in [1.54, 1.807) is 6.26 Å². The molecule has 0 aliphatic heterocycles. The molecule has 1 heterocycles. The van der Waals surface area contributed by atoms with Gasteiger partial charge in [0.15, 0.2) is 0 Å². The highest BCUT2D eigenvalue weighted by Gasteiger charge is 2.29. The second-order valence-electron chi connectivity index (χ2n) is 5.67. The van der Waals surface area contributed by atoms with Crippen LogP contribution >= 0.6 is 0 Å². The quantitative estimate of drug-likeness (QED) is 0.487. The maximum Gasteiger partial charge on any atom is 0.416 e. The van der Waals surface area contributed by atoms with Gasteiger partial charge in [0.2, 0.25) is 0 Å². The minimum atomic E-state index is -4.28. The van der Waals surface area contributed by atoms with Crippen molar-refractivity contribution in [3.8, 4) is 0 Å². The van der Waals surface area contributed by atoms with E-state index >= 15 is 0 Å². The fourth-order valence-electron chi connectivity index (χ4n) is 2.64. The fraction of sp³-hybridized carbons (Fsp3) is 0.200. The lowest BCUT2D eigenvalue weighted by molar-refractivity contribution is -0.137. The summed E-state index contributed by atoms with van der Waals surface area (Å²) in [5.41, 5.74) is 2.24. The Morgan fingerprint density at radius 3 is 2.46 bits per heavy atom. The van der Waals surface area contributed by atoms with Crippen molar-refractivity contribution in [2.75, 3.05) is 0 Å². The molecule has 0 aliphatic carbocycles. The Morgan fingerprint density at radius 2 is 1.71 bits per heavy atom. The average molecular weight is 330 g/mol. The van der Waals surface area contributed by atoms with Crippen LogP contribution in [0.5, 0.6) is 0 Å². The van der Waals surface area contributed by atoms with E-state index in [1.165, 1.54) is 17.7 Å². The third kappa shape index (κ3) is 3.88. The summed E-state index contributed by atoms with van der Waals surface area (Å²) in [6, 6.07) is 13.1. The summed E-state index contributed by atoms with van der Waals surface area (Å²) in [4.78, 5) is 0. The number of benzene rings is 2. The fourth-order valence-corrected chi connectivity index (χ4v) is 2.64. The molecule has 2 aromatic carbocycles. The molecule has 124 valence electrons. The number of unbranched alkanes of at least 4 members (excludes halogenated alkanes) is 1. The molecule has 0 aliphatic rings. The first-order valence-corrected chi connectivity index (χ1v) is 7.83. The third-order valence-corrected chi connectivity index (χ3v) is 3.93. The van der Waals surface area contributed by atoms with E-state index in [0.717, 1.165) is 47.9 Å². The Bertz CT molecular complexity index is 826. The number of fused-ring (bicyclic) bond motifs is 1. The van der Waals surface area contributed by atoms with Gasteiger partial charge in [0.05, 0.1) is 11.8 Å². The van der Waals surface area contributed by atoms with Crippen LogP contribution in [0.15, 0.2) is 65.3 Å². The van der Waals surface area contributed by atoms with Crippen LogP contribution in [0.3, 0.4) is 0 Å². The number of aryl methyl sites for hydroxylation is 1. The summed E-state index contributed by atoms with van der Waals surface area (Å²) in [5.74, 6) is 0. The third-order valence-electron chi connectivity index (χ3n) is 3.93. The molecular formula is C20H17F3O. The average Bonchev–Trinajstić information content (AvgIpc) is 2.97. The first-order chi connectivity index (χ1) is 11.5. The molecule has 0 saturated carbocycles. The first-order valence-electron chi connectivity index (χ1n) is 7.83. The zero-order valence-corrected chi connectivity index (χ0v) is 13.0. The number of hydrogen-bond acceptors (Lipinski definition) is 1. The van der Waals surface area contributed by atoms with Gasteiger partial charge in [0.1, 0.15) is 5.58 Å². The number of alkyl halides is 3. The molecule has 3 aromatic rings. The molecule has 0 N–H and O–H groups in total. The second kappa shape index (κ2) is 6.95. The smallest absolute Gasteiger partial charge is 0.416 e. The molecule has 1 nitrogen and oxygen atoms in total. The Hall–Kier alpha value is -2.49. The van der Waals surface area contributed by atoms with Gasteiger partial charge in [-0.25, -0.2) is 0 Å². The van der Waals surface area contributed by atoms with Crippen LogP contribution in [0.4, 0.5) is 13.2 Å². The van der Waals surface area contributed by atoms with Crippen molar-refractivity contribution >= 4 is 17.0 Å². The van der Waals surface area contributed by atoms with Gasteiger partial charge in [-0.15, -0.1) is 0 Å². The minimum absolute atomic E-state index is 0.619. The SMILES string of the molecule is FC(F)(F)c1ccc(/C=C/CCCc2coc3ccccc23)cc1. The minimum Gasteiger partial charge on any atom is -0.464 e. The monoisotopic (exact) mass is 330 g/mol. The van der Waals surface area contributed by atoms with Crippen LogP contribution in [-0.4, -0.2) is 0 Å². The van der Waals surface area contributed by atoms with Gasteiger partial charge in [-0.2, -0.15) is 13.2 Å². The number of rotatable bonds is 5. The molecule has 0 fully saturated rings. The predicted molar refractivity (Wildman–Crippen MR) is 89.6 cm³/mol. The largest absolute Gasteiger partial charge is 0.464 e. The van der Waals surface area contributed by atoms with Gasteiger partial charge in [-0.3, -0.25) is 0 Å². The van der Waals surface area contributed by atoms with Gasteiger partial charge in [-0.05, 0) is 48.6 Å². The maximum absolute atomic E-state index is 12.5. The van der Waals surface area contributed by atoms with Crippen LogP contribution in [0.1, 0.15) is 29.5 Å². The topological polar surface area (TPSA) is 13.1 Å². The van der Waals surface area contributed by atoms with Gasteiger partial charge in [-0.1, -0.05) is 42.5 Å². The van der Waals surface area contributed by atoms with Gasteiger partial charge < -0.3 is 4.42 Å². The molecule has 0 atom stereocenters. The lowest BCUT2D eigenvalue weighted by Crippen LogP contribution is -2.03. The van der Waals surface area contributed by atoms with Crippen LogP contribution < -0.4 is 0 Å². The molecule has 0 bridgehead atoms. The van der Waals surface area contributed by atoms with Crippen LogP contribution in [0.25, 0.3) is 17.0 Å². The lowest BCUT2D eigenvalue weighted by atomic mass is 10.1. The summed E-state index contributed by atoms with van der Waals surface area (Å²) >= 11 is 0. The number of allylic oxidation sites excluding steroid dienone is 1. The summed E-state index contributed by atoms with van der Waals surface area (Å²) in [7, 11) is 0. The van der Waals surface area contributed by atoms with Crippen LogP contribution in [0, 0.1) is 0 Å². The standard InChI is InChI=1S/C20H17F3O/c21-20(22,23)17-12-10-15(11-13-17)6-2-1-3-7-16-14-24-19-9-5-4-8-18(16)19/h2,4-6,8-14H,1,3,7H2/b6-2+. The summed E-state index contributed by atoms with van der Waals surface area (Å²) in [6.45, 7) is 0. The molecule has 0 unspecified atom stereocenters. The van der Waals surface area contributed by atoms with E-state index in [0.29, 0.717) is 0 Å². The van der Waals surface area contributed by atoms with Gasteiger partial charge >= 0.3 is 6.18 Å². The van der Waals surface area contributed by atoms with Gasteiger partial charge in [0.25, 0.3) is 0 Å². The van der Waals surface area contributed by atoms with E-state index in [-0.39, 0.29) is 0 Å². The molecule has 3 rings (SSSR count). The maximum atomic E-state index is 12.5. The molecule has 0 spiro atoms. The number of furan rings is 1. The summed E-state index contributed by atoms with van der Waals surface area (Å²) < 4.78 is 43.0. The van der Waals surface area contributed by atoms with E-state index in [2.05, 4.69) is 0 Å². The van der Waals surface area contributed by atoms with E-state index < -0.39 is 11.7 Å². The summed E-state index contributed by atoms with van der Waals surface area (Å²) in [6.07, 6.45) is 4.09. The Morgan fingerprint density at radius 1 is 0.958 bits per heavy atom. The Kier molecular flexibility index (Phi) is 4.74. The van der Waals surface area contributed by atoms with Crippen molar-refractivity contribution < 1.29 is 17.6 Å². The molecule has 1 aromatic heterocycles. The second-order valence-corrected chi connectivity index (χ2v) is 5.67. The summed E-state index contributed by atoms with van der Waals surface area (Å²) in [5, 5.41) is 1.14. The molecule has 0 saturated heterocycles. The molecule has 0 amide bonds. The number of hydrogen-bond donors (Lipinski definition) is 0. The Balaban J connectivity index is 1.52. The highest BCUT2D eigenvalue weighted by Crippen LogP contribution is 2.29. The van der Waals surface area contributed by atoms with Crippen molar-refractivity contribution in [3.63, 3.8) is 0 Å².